The molecule has 8 aromatic heterocycles. The molecule has 0 fully saturated rings. The number of phenols is 2. The van der Waals surface area contributed by atoms with E-state index in [0.717, 1.165) is 50.2 Å². The van der Waals surface area contributed by atoms with Gasteiger partial charge in [0, 0.05) is 74.1 Å². The van der Waals surface area contributed by atoms with Crippen LogP contribution in [0.1, 0.15) is 79.0 Å². The Kier molecular flexibility index (Phi) is 22.2. The highest BCUT2D eigenvalue weighted by molar-refractivity contribution is 6.57. The Morgan fingerprint density at radius 1 is 0.495 bits per heavy atom. The first kappa shape index (κ1) is 70.6. The highest BCUT2D eigenvalue weighted by atomic mass is 35.5. The van der Waals surface area contributed by atoms with Gasteiger partial charge in [0.2, 0.25) is 0 Å². The second kappa shape index (κ2) is 29.2. The van der Waals surface area contributed by atoms with Crippen LogP contribution in [-0.2, 0) is 40.8 Å². The number of phenolic OH excluding ortho intramolecular Hbond substituents is 2. The molecule has 0 saturated carbocycles. The molecule has 0 saturated heterocycles. The van der Waals surface area contributed by atoms with Crippen LogP contribution in [0.15, 0.2) is 142 Å². The largest absolute Gasteiger partial charge is 0.508 e. The zero-order valence-electron chi connectivity index (χ0n) is 54.8. The third kappa shape index (κ3) is 18.0. The molecule has 4 N–H and O–H groups in total. The predicted molar refractivity (Wildman–Crippen MR) is 369 cm³/mol. The number of pyridine rings is 5. The summed E-state index contributed by atoms with van der Waals surface area (Å²) in [6, 6.07) is 33.3. The van der Waals surface area contributed by atoms with E-state index in [1.165, 1.54) is 29.0 Å². The van der Waals surface area contributed by atoms with Crippen molar-refractivity contribution in [2.24, 2.45) is 37.4 Å². The van der Waals surface area contributed by atoms with Gasteiger partial charge < -0.3 is 34.7 Å². The van der Waals surface area contributed by atoms with Crippen molar-refractivity contribution in [2.45, 2.75) is 103 Å². The predicted octanol–water partition coefficient (Wildman–Crippen LogP) is 13.1. The number of ether oxygens (including phenoxy) is 1. The van der Waals surface area contributed by atoms with E-state index in [1.54, 1.807) is 98.7 Å². The smallest absolute Gasteiger partial charge is 0.508 e. The van der Waals surface area contributed by atoms with Gasteiger partial charge in [-0.2, -0.15) is 0 Å². The fourth-order valence-electron chi connectivity index (χ4n) is 9.68. The second-order valence-corrected chi connectivity index (χ2v) is 26.8. The fraction of sp³-hybridized carbons (Fsp3) is 0.304. The van der Waals surface area contributed by atoms with Crippen LogP contribution in [-0.4, -0.2) is 79.7 Å². The monoisotopic (exact) mass is 1300 g/mol. The van der Waals surface area contributed by atoms with E-state index >= 15 is 0 Å². The molecule has 8 heterocycles. The van der Waals surface area contributed by atoms with Crippen molar-refractivity contribution >= 4 is 81.0 Å². The average molecular weight is 1300 g/mol. The van der Waals surface area contributed by atoms with Gasteiger partial charge in [-0.3, -0.25) is 27.4 Å². The lowest BCUT2D eigenvalue weighted by molar-refractivity contribution is 0.342. The van der Waals surface area contributed by atoms with Crippen molar-refractivity contribution in [2.75, 3.05) is 0 Å². The third-order valence-electron chi connectivity index (χ3n) is 14.2. The second-order valence-electron chi connectivity index (χ2n) is 25.9. The Labute approximate surface area is 549 Å². The van der Waals surface area contributed by atoms with Gasteiger partial charge in [0.25, 0.3) is 11.6 Å². The van der Waals surface area contributed by atoms with Crippen LogP contribution in [0.5, 0.6) is 23.0 Å². The lowest BCUT2D eigenvalue weighted by Crippen LogP contribution is -2.32. The average Bonchev–Trinajstić information content (AvgIpc) is 1.65. The van der Waals surface area contributed by atoms with Crippen molar-refractivity contribution in [1.82, 2.24) is 52.3 Å². The van der Waals surface area contributed by atoms with E-state index in [9.17, 15) is 19.5 Å². The Hall–Kier alpha value is -9.84. The molecule has 11 aromatic rings. The molecule has 0 amide bonds. The quantitative estimate of drug-likeness (QED) is 0.0818. The van der Waals surface area contributed by atoms with Crippen LogP contribution in [0.4, 0.5) is 11.6 Å². The summed E-state index contributed by atoms with van der Waals surface area (Å²) in [5.41, 5.74) is 10.3. The number of aryl methyl sites for hydroxylation is 6. The van der Waals surface area contributed by atoms with Crippen LogP contribution in [0.2, 0.25) is 10.0 Å². The highest BCUT2D eigenvalue weighted by Crippen LogP contribution is 2.33. The molecule has 482 valence electrons. The number of aromatic nitrogens is 11. The van der Waals surface area contributed by atoms with E-state index < -0.39 is 7.12 Å². The van der Waals surface area contributed by atoms with Crippen LogP contribution in [0.25, 0.3) is 65.7 Å². The van der Waals surface area contributed by atoms with E-state index in [4.69, 9.17) is 61.2 Å². The molecule has 0 aliphatic rings. The first-order valence-corrected chi connectivity index (χ1v) is 30.2. The van der Waals surface area contributed by atoms with Gasteiger partial charge in [0.15, 0.2) is 16.9 Å². The first-order valence-electron chi connectivity index (χ1n) is 29.5. The van der Waals surface area contributed by atoms with E-state index in [1.807, 2.05) is 69.3 Å². The van der Waals surface area contributed by atoms with E-state index in [2.05, 4.69) is 91.9 Å². The maximum atomic E-state index is 12.8. The van der Waals surface area contributed by atoms with Crippen LogP contribution in [0, 0.1) is 50.2 Å². The first-order chi connectivity index (χ1) is 43.6. The third-order valence-corrected chi connectivity index (χ3v) is 14.8. The summed E-state index contributed by atoms with van der Waals surface area (Å²) in [6.07, 6.45) is 3.06. The van der Waals surface area contributed by atoms with Crippen molar-refractivity contribution in [3.8, 4) is 45.5 Å². The number of aromatic hydroxyl groups is 2. The highest BCUT2D eigenvalue weighted by Gasteiger charge is 2.23. The number of benzene rings is 3. The number of halogens is 2. The Balaban J connectivity index is 0.000000178. The molecular weight excluding hydrogens is 1220 g/mol. The van der Waals surface area contributed by atoms with Crippen LogP contribution < -0.4 is 27.4 Å². The van der Waals surface area contributed by atoms with Gasteiger partial charge in [-0.05, 0) is 139 Å². The Morgan fingerprint density at radius 3 is 1.31 bits per heavy atom. The molecule has 21 nitrogen and oxygen atoms in total. The van der Waals surface area contributed by atoms with Crippen molar-refractivity contribution in [3.05, 3.63) is 209 Å². The van der Waals surface area contributed by atoms with Gasteiger partial charge in [-0.1, -0.05) is 117 Å². The van der Waals surface area contributed by atoms with Crippen molar-refractivity contribution < 1.29 is 25.0 Å². The lowest BCUT2D eigenvalue weighted by Gasteiger charge is -2.18. The number of rotatable bonds is 8. The maximum Gasteiger partial charge on any atom is 0.508 e. The molecule has 24 heteroatoms. The fourth-order valence-corrected chi connectivity index (χ4v) is 10.0. The van der Waals surface area contributed by atoms with Crippen LogP contribution >= 0.6 is 23.2 Å². The molecule has 0 unspecified atom stereocenters. The standard InChI is InChI=1S/C25H25N5O2.C19H23N3O2.C12H18BN3O3.C7H7ClO.C6H3ClN2/c1-16-7-8-17(32-18-11-12-27-22(14-18)26-5)13-19(16)20-9-10-21-23(28-20)29(6)24(31)30(21)15-25(2,3)4;1-12-6-7-13(23)10-14(12)15-8-9-16-17(20-15)21(5)18(24)22(16)11-19(2,3)4;1-12(2,3)7-16-8-5-6-9(13(18)19)14-10(8)15(4)11(16)17;1-5-2-3-6(9)4-7(5)8;1-8-6-4-5(7)2-3-9-6/h7-14H,15H2,1-4,6H3;6-10,23H,11H2,1-5H3;5-6,18-19H,7H2,1-4H3;2-4,9H,1H3;2-4H. The maximum absolute atomic E-state index is 12.8. The minimum absolute atomic E-state index is 0.00140. The topological polar surface area (TPSA) is 244 Å². The van der Waals surface area contributed by atoms with Crippen LogP contribution in [0.3, 0.4) is 0 Å². The zero-order valence-corrected chi connectivity index (χ0v) is 56.3. The number of hydrogen-bond acceptors (Lipinski definition) is 13. The summed E-state index contributed by atoms with van der Waals surface area (Å²) < 4.78 is 15.8. The summed E-state index contributed by atoms with van der Waals surface area (Å²) >= 11 is 11.2. The number of hydrogen-bond donors (Lipinski definition) is 4. The summed E-state index contributed by atoms with van der Waals surface area (Å²) in [4.78, 5) is 65.4. The molecular formula is C69H76BCl2N13O8. The molecule has 3 aromatic carbocycles. The molecule has 0 atom stereocenters. The summed E-state index contributed by atoms with van der Waals surface area (Å²) in [5, 5.41) is 38.0. The van der Waals surface area contributed by atoms with Gasteiger partial charge >= 0.3 is 24.2 Å². The Morgan fingerprint density at radius 2 is 0.892 bits per heavy atom. The number of nitrogens with zero attached hydrogens (tertiary/aromatic N) is 13. The number of fused-ring (bicyclic) bond motifs is 3. The lowest BCUT2D eigenvalue weighted by atomic mass is 9.86. The molecule has 0 aliphatic carbocycles. The van der Waals surface area contributed by atoms with E-state index in [0.29, 0.717) is 69.5 Å². The summed E-state index contributed by atoms with van der Waals surface area (Å²) in [5.74, 6) is 2.21. The summed E-state index contributed by atoms with van der Waals surface area (Å²) in [6.45, 7) is 40.2. The minimum atomic E-state index is -1.63. The molecule has 0 radical (unpaired) electrons. The number of imidazole rings is 3. The molecule has 0 spiro atoms. The molecule has 0 bridgehead atoms. The van der Waals surface area contributed by atoms with Crippen molar-refractivity contribution in [3.63, 3.8) is 0 Å². The summed E-state index contributed by atoms with van der Waals surface area (Å²) in [7, 11) is 3.50. The van der Waals surface area contributed by atoms with Gasteiger partial charge in [-0.25, -0.2) is 29.3 Å². The van der Waals surface area contributed by atoms with Gasteiger partial charge in [0.1, 0.15) is 35.4 Å². The van der Waals surface area contributed by atoms with Gasteiger partial charge in [0.05, 0.1) is 33.5 Å². The SMILES string of the molecule is Cc1ccc(O)cc1-c1ccc2c(n1)n(C)c(=O)n2CC(C)(C)C.Cc1ccc(O)cc1Cl.Cn1c(=O)n(CC(C)(C)C)c2ccc(B(O)O)nc21.[C-]#[N+]c1cc(Cl)ccn1.[C-]#[N+]c1cc(Oc2ccc(C)c(-c3ccc4c(n3)n(C)c(=O)n4CC(C)(C)C)c2)ccn1. The van der Waals surface area contributed by atoms with Crippen molar-refractivity contribution in [1.29, 1.82) is 0 Å². The zero-order chi connectivity index (χ0) is 68.6. The minimum Gasteiger partial charge on any atom is -0.508 e. The normalized spacial score (nSPS) is 11.3. The van der Waals surface area contributed by atoms with Gasteiger partial charge in [-0.15, -0.1) is 9.97 Å². The molecule has 11 rings (SSSR count). The molecule has 93 heavy (non-hydrogen) atoms. The van der Waals surface area contributed by atoms with E-state index in [-0.39, 0.29) is 56.2 Å². The molecule has 0 aliphatic heterocycles. The Bertz CT molecular complexity index is 4820.